The highest BCUT2D eigenvalue weighted by molar-refractivity contribution is 7.91. The second-order valence-electron chi connectivity index (χ2n) is 12.2. The number of thiophene rings is 1. The molecule has 3 aromatic rings. The number of amidine groups is 1. The fourth-order valence-electron chi connectivity index (χ4n) is 5.93. The van der Waals surface area contributed by atoms with Gasteiger partial charge in [0.2, 0.25) is 0 Å². The number of ether oxygens (including phenoxy) is 3. The number of hydrogen-bond donors (Lipinski definition) is 1. The summed E-state index contributed by atoms with van der Waals surface area (Å²) in [6, 6.07) is 11.3. The van der Waals surface area contributed by atoms with Crippen molar-refractivity contribution in [2.45, 2.75) is 67.8 Å². The molecular weight excluding hydrogens is 662 g/mol. The lowest BCUT2D eigenvalue weighted by atomic mass is 9.89. The van der Waals surface area contributed by atoms with Gasteiger partial charge in [-0.15, -0.1) is 11.3 Å². The lowest BCUT2D eigenvalue weighted by Crippen LogP contribution is -2.50. The average Bonchev–Trinajstić information content (AvgIpc) is 3.71. The largest absolute Gasteiger partial charge is 0.493 e. The van der Waals surface area contributed by atoms with E-state index in [4.69, 9.17) is 14.2 Å². The Bertz CT molecular complexity index is 1830. The molecule has 1 unspecified atom stereocenters. The number of piperidine rings is 1. The van der Waals surface area contributed by atoms with Crippen LogP contribution < -0.4 is 10.1 Å². The summed E-state index contributed by atoms with van der Waals surface area (Å²) in [5.41, 5.74) is -1.09. The Morgan fingerprint density at radius 2 is 1.85 bits per heavy atom. The maximum atomic E-state index is 13.8. The molecule has 2 aromatic carbocycles. The quantitative estimate of drug-likeness (QED) is 0.294. The Morgan fingerprint density at radius 1 is 1.11 bits per heavy atom. The molecule has 4 heterocycles. The SMILES string of the molecule is Cc1cc(OCCC2COC(C)(C)O2)ccc1-c1ccc(S(=O)(=O)N2CCC3(CC2)N=C(c2ccc(F)c(C(F)(F)F)c2)NC3=O)s1. The Morgan fingerprint density at radius 3 is 2.51 bits per heavy atom. The van der Waals surface area contributed by atoms with Crippen molar-refractivity contribution in [1.29, 1.82) is 0 Å². The van der Waals surface area contributed by atoms with Crippen molar-refractivity contribution in [2.75, 3.05) is 26.3 Å². The highest BCUT2D eigenvalue weighted by Gasteiger charge is 2.48. The normalized spacial score (nSPS) is 21.2. The van der Waals surface area contributed by atoms with Crippen molar-refractivity contribution >= 4 is 33.1 Å². The average molecular weight is 696 g/mol. The zero-order valence-electron chi connectivity index (χ0n) is 25.8. The molecule has 0 bridgehead atoms. The topological polar surface area (TPSA) is 107 Å². The third-order valence-electron chi connectivity index (χ3n) is 8.49. The van der Waals surface area contributed by atoms with E-state index in [0.29, 0.717) is 37.5 Å². The number of hydrogen-bond acceptors (Lipinski definition) is 8. The summed E-state index contributed by atoms with van der Waals surface area (Å²) in [7, 11) is -3.90. The van der Waals surface area contributed by atoms with E-state index in [1.807, 2.05) is 39.0 Å². The number of carbonyl (C=O) groups is 1. The van der Waals surface area contributed by atoms with Gasteiger partial charge >= 0.3 is 6.18 Å². The highest BCUT2D eigenvalue weighted by atomic mass is 32.2. The highest BCUT2D eigenvalue weighted by Crippen LogP contribution is 2.39. The van der Waals surface area contributed by atoms with Crippen LogP contribution in [0.2, 0.25) is 0 Å². The predicted octanol–water partition coefficient (Wildman–Crippen LogP) is 5.90. The molecule has 3 aliphatic heterocycles. The molecule has 252 valence electrons. The summed E-state index contributed by atoms with van der Waals surface area (Å²) in [4.78, 5) is 18.1. The molecule has 3 aliphatic rings. The second kappa shape index (κ2) is 12.3. The smallest absolute Gasteiger partial charge is 0.419 e. The number of aryl methyl sites for hydroxylation is 1. The summed E-state index contributed by atoms with van der Waals surface area (Å²) in [5.74, 6) is -1.96. The molecule has 1 atom stereocenters. The number of rotatable bonds is 8. The number of benzene rings is 2. The Balaban J connectivity index is 1.10. The van der Waals surface area contributed by atoms with Crippen LogP contribution in [0.5, 0.6) is 5.75 Å². The van der Waals surface area contributed by atoms with Crippen LogP contribution in [0.25, 0.3) is 10.4 Å². The molecule has 1 spiro atoms. The first-order chi connectivity index (χ1) is 22.1. The van der Waals surface area contributed by atoms with Crippen molar-refractivity contribution < 1.29 is 45.0 Å². The fourth-order valence-corrected chi connectivity index (χ4v) is 8.92. The first-order valence-electron chi connectivity index (χ1n) is 15.0. The minimum absolute atomic E-state index is 0.0163. The van der Waals surface area contributed by atoms with Gasteiger partial charge in [-0.3, -0.25) is 9.79 Å². The molecule has 47 heavy (non-hydrogen) atoms. The van der Waals surface area contributed by atoms with Crippen LogP contribution in [0.4, 0.5) is 17.6 Å². The first-order valence-corrected chi connectivity index (χ1v) is 17.3. The van der Waals surface area contributed by atoms with Gasteiger partial charge in [-0.25, -0.2) is 12.8 Å². The van der Waals surface area contributed by atoms with Crippen molar-refractivity contribution in [3.8, 4) is 16.2 Å². The summed E-state index contributed by atoms with van der Waals surface area (Å²) < 4.78 is 99.4. The van der Waals surface area contributed by atoms with Crippen LogP contribution in [0.15, 0.2) is 57.7 Å². The minimum atomic E-state index is -4.92. The van der Waals surface area contributed by atoms with E-state index in [1.54, 1.807) is 12.1 Å². The zero-order chi connectivity index (χ0) is 33.8. The molecule has 15 heteroatoms. The number of amides is 1. The van der Waals surface area contributed by atoms with E-state index in [9.17, 15) is 30.8 Å². The van der Waals surface area contributed by atoms with Gasteiger partial charge in [-0.1, -0.05) is 0 Å². The van der Waals surface area contributed by atoms with E-state index in [2.05, 4.69) is 10.3 Å². The molecule has 0 radical (unpaired) electrons. The van der Waals surface area contributed by atoms with Gasteiger partial charge in [0.25, 0.3) is 15.9 Å². The standard InChI is InChI=1S/C32H33F4N3O6S2/c1-19-16-21(43-15-10-22-18-44-30(2,3)45-22)5-6-23(19)26-8-9-27(46-26)47(41,42)39-13-11-31(12-14-39)29(40)37-28(38-31)20-4-7-25(33)24(17-20)32(34,35)36/h4-9,16-17,22H,10-15,18H2,1-3H3,(H,37,38,40). The number of sulfonamides is 1. The molecule has 2 fully saturated rings. The molecule has 9 nitrogen and oxygen atoms in total. The van der Waals surface area contributed by atoms with Gasteiger partial charge in [-0.05, 0) is 93.3 Å². The van der Waals surface area contributed by atoms with E-state index in [-0.39, 0.29) is 47.6 Å². The van der Waals surface area contributed by atoms with Gasteiger partial charge in [-0.2, -0.15) is 17.5 Å². The van der Waals surface area contributed by atoms with E-state index in [0.717, 1.165) is 33.4 Å². The van der Waals surface area contributed by atoms with Crippen LogP contribution in [0.3, 0.4) is 0 Å². The predicted molar refractivity (Wildman–Crippen MR) is 166 cm³/mol. The molecule has 6 rings (SSSR count). The fraction of sp³-hybridized carbons (Fsp3) is 0.438. The zero-order valence-corrected chi connectivity index (χ0v) is 27.5. The monoisotopic (exact) mass is 695 g/mol. The molecule has 1 aromatic heterocycles. The van der Waals surface area contributed by atoms with Crippen molar-refractivity contribution in [2.24, 2.45) is 4.99 Å². The van der Waals surface area contributed by atoms with Crippen LogP contribution >= 0.6 is 11.3 Å². The first kappa shape index (κ1) is 33.5. The minimum Gasteiger partial charge on any atom is -0.493 e. The molecule has 0 aliphatic carbocycles. The number of alkyl halides is 3. The number of carbonyl (C=O) groups excluding carboxylic acids is 1. The van der Waals surface area contributed by atoms with Gasteiger partial charge < -0.3 is 19.5 Å². The van der Waals surface area contributed by atoms with Crippen LogP contribution in [0, 0.1) is 12.7 Å². The molecular formula is C32H33F4N3O6S2. The Hall–Kier alpha value is -3.37. The summed E-state index contributed by atoms with van der Waals surface area (Å²) in [5, 5.41) is 2.51. The van der Waals surface area contributed by atoms with Gasteiger partial charge in [0, 0.05) is 30.0 Å². The van der Waals surface area contributed by atoms with Crippen LogP contribution in [-0.2, 0) is 30.5 Å². The summed E-state index contributed by atoms with van der Waals surface area (Å²) >= 11 is 1.14. The lowest BCUT2D eigenvalue weighted by Gasteiger charge is -2.34. The Labute approximate surface area is 273 Å². The van der Waals surface area contributed by atoms with E-state index < -0.39 is 44.8 Å². The number of nitrogens with zero attached hydrogens (tertiary/aromatic N) is 2. The molecule has 1 amide bonds. The van der Waals surface area contributed by atoms with Gasteiger partial charge in [0.15, 0.2) is 5.79 Å². The maximum Gasteiger partial charge on any atom is 0.419 e. The van der Waals surface area contributed by atoms with Crippen molar-refractivity contribution in [1.82, 2.24) is 9.62 Å². The van der Waals surface area contributed by atoms with E-state index in [1.165, 1.54) is 4.31 Å². The molecule has 2 saturated heterocycles. The third-order valence-corrected chi connectivity index (χ3v) is 12.0. The van der Waals surface area contributed by atoms with E-state index >= 15 is 0 Å². The number of halogens is 4. The molecule has 1 N–H and O–H groups in total. The number of aliphatic imine (C=N–C) groups is 1. The van der Waals surface area contributed by atoms with Crippen molar-refractivity contribution in [3.63, 3.8) is 0 Å². The third kappa shape index (κ3) is 6.81. The van der Waals surface area contributed by atoms with Gasteiger partial charge in [0.1, 0.15) is 27.2 Å². The van der Waals surface area contributed by atoms with Gasteiger partial charge in [0.05, 0.1) is 24.9 Å². The summed E-state index contributed by atoms with van der Waals surface area (Å²) in [6.07, 6.45) is -4.20. The molecule has 0 saturated carbocycles. The maximum absolute atomic E-state index is 13.8. The van der Waals surface area contributed by atoms with Crippen LogP contribution in [-0.4, -0.2) is 68.2 Å². The summed E-state index contributed by atoms with van der Waals surface area (Å²) in [6.45, 7) is 6.62. The second-order valence-corrected chi connectivity index (χ2v) is 15.5. The van der Waals surface area contributed by atoms with Crippen molar-refractivity contribution in [3.05, 3.63) is 71.0 Å². The van der Waals surface area contributed by atoms with Crippen LogP contribution in [0.1, 0.15) is 49.8 Å². The lowest BCUT2D eigenvalue weighted by molar-refractivity contribution is -0.140. The number of nitrogens with one attached hydrogen (secondary N) is 1. The Kier molecular flexibility index (Phi) is 8.75.